The van der Waals surface area contributed by atoms with Gasteiger partial charge in [0.05, 0.1) is 31.0 Å². The minimum atomic E-state index is -1.31. The lowest BCUT2D eigenvalue weighted by Crippen LogP contribution is -2.44. The molecule has 3 N–H and O–H groups in total. The Kier molecular flexibility index (Phi) is 7.69. The molecule has 0 saturated heterocycles. The molecule has 0 fully saturated rings. The minimum Gasteiger partial charge on any atom is -0.493 e. The number of benzene rings is 2. The smallest absolute Gasteiger partial charge is 0.409 e. The summed E-state index contributed by atoms with van der Waals surface area (Å²) >= 11 is 1.59. The summed E-state index contributed by atoms with van der Waals surface area (Å²) in [5.74, 6) is 0.183. The van der Waals surface area contributed by atoms with Crippen LogP contribution in [0, 0.1) is 0 Å². The van der Waals surface area contributed by atoms with Crippen LogP contribution in [0.15, 0.2) is 65.4 Å². The molecule has 0 saturated carbocycles. The molecule has 1 unspecified atom stereocenters. The molecule has 0 spiro atoms. The predicted molar refractivity (Wildman–Crippen MR) is 134 cm³/mol. The molecule has 3 aromatic rings. The van der Waals surface area contributed by atoms with Crippen LogP contribution in [0.2, 0.25) is 0 Å². The number of anilines is 1. The fourth-order valence-electron chi connectivity index (χ4n) is 4.02. The number of hydrogen-bond acceptors (Lipinski definition) is 6. The van der Waals surface area contributed by atoms with Crippen LogP contribution in [-0.2, 0) is 6.61 Å². The lowest BCUT2D eigenvalue weighted by molar-refractivity contribution is 0.0648. The fraction of sp³-hybridized carbons (Fsp3) is 0.231. The Bertz CT molecular complexity index is 1210. The Balaban J connectivity index is 1.64. The molecule has 1 atom stereocenters. The number of carboxylic acid groups (broad SMARTS) is 1. The van der Waals surface area contributed by atoms with Crippen LogP contribution in [0.1, 0.15) is 27.9 Å². The van der Waals surface area contributed by atoms with Crippen LogP contribution < -0.4 is 14.8 Å². The van der Waals surface area contributed by atoms with Gasteiger partial charge in [0.15, 0.2) is 11.5 Å². The van der Waals surface area contributed by atoms with Crippen molar-refractivity contribution in [1.82, 2.24) is 4.90 Å². The zero-order chi connectivity index (χ0) is 24.8. The Labute approximate surface area is 207 Å². The molecule has 0 radical (unpaired) electrons. The molecular weight excluding hydrogens is 468 g/mol. The van der Waals surface area contributed by atoms with Crippen LogP contribution in [-0.4, -0.2) is 53.4 Å². The summed E-state index contributed by atoms with van der Waals surface area (Å²) in [6.07, 6.45) is 1.20. The van der Waals surface area contributed by atoms with Gasteiger partial charge in [0.25, 0.3) is 5.91 Å². The van der Waals surface area contributed by atoms with Gasteiger partial charge in [-0.05, 0) is 46.0 Å². The van der Waals surface area contributed by atoms with Gasteiger partial charge >= 0.3 is 6.09 Å². The van der Waals surface area contributed by atoms with E-state index in [2.05, 4.69) is 5.32 Å². The molecular formula is C26H26N2O6S. The van der Waals surface area contributed by atoms with Crippen LogP contribution in [0.25, 0.3) is 5.57 Å². The monoisotopic (exact) mass is 494 g/mol. The summed E-state index contributed by atoms with van der Waals surface area (Å²) in [4.78, 5) is 26.6. The van der Waals surface area contributed by atoms with Crippen LogP contribution in [0.3, 0.4) is 0 Å². The number of thiophene rings is 1. The second kappa shape index (κ2) is 11.1. The van der Waals surface area contributed by atoms with Crippen molar-refractivity contribution in [2.45, 2.75) is 19.1 Å². The first-order chi connectivity index (χ1) is 17.0. The summed E-state index contributed by atoms with van der Waals surface area (Å²) in [6.45, 7) is 0.370. The Morgan fingerprint density at radius 3 is 2.63 bits per heavy atom. The zero-order valence-corrected chi connectivity index (χ0v) is 20.0. The highest BCUT2D eigenvalue weighted by atomic mass is 32.1. The topological polar surface area (TPSA) is 108 Å². The van der Waals surface area contributed by atoms with Gasteiger partial charge in [0.1, 0.15) is 6.61 Å². The number of aliphatic hydroxyl groups excluding tert-OH is 1. The number of amides is 2. The lowest BCUT2D eigenvalue weighted by atomic mass is 9.97. The lowest BCUT2D eigenvalue weighted by Gasteiger charge is -2.34. The Hall–Kier alpha value is -3.82. The van der Waals surface area contributed by atoms with E-state index in [0.717, 1.165) is 16.7 Å². The Morgan fingerprint density at radius 1 is 1.17 bits per heavy atom. The second-order valence-electron chi connectivity index (χ2n) is 7.96. The number of aliphatic hydroxyl groups is 1. The van der Waals surface area contributed by atoms with E-state index in [1.807, 2.05) is 53.2 Å². The largest absolute Gasteiger partial charge is 0.493 e. The zero-order valence-electron chi connectivity index (χ0n) is 19.1. The normalized spacial score (nSPS) is 15.3. The predicted octanol–water partition coefficient (Wildman–Crippen LogP) is 4.72. The highest BCUT2D eigenvalue weighted by molar-refractivity contribution is 7.08. The maximum atomic E-state index is 13.6. The third kappa shape index (κ3) is 5.64. The van der Waals surface area contributed by atoms with Crippen molar-refractivity contribution in [1.29, 1.82) is 0 Å². The van der Waals surface area contributed by atoms with Gasteiger partial charge in [-0.2, -0.15) is 11.3 Å². The molecule has 1 aromatic heterocycles. The molecule has 182 valence electrons. The number of carbonyl (C=O) groups excluding carboxylic acids is 1. The van der Waals surface area contributed by atoms with Gasteiger partial charge in [0, 0.05) is 12.6 Å². The molecule has 2 heterocycles. The van der Waals surface area contributed by atoms with Crippen LogP contribution >= 0.6 is 11.3 Å². The maximum absolute atomic E-state index is 13.6. The van der Waals surface area contributed by atoms with Crippen molar-refractivity contribution in [3.05, 3.63) is 82.1 Å². The van der Waals surface area contributed by atoms with Crippen molar-refractivity contribution in [2.24, 2.45) is 0 Å². The summed E-state index contributed by atoms with van der Waals surface area (Å²) in [5, 5.41) is 25.7. The number of nitrogens with zero attached hydrogens (tertiary/aromatic N) is 1. The number of nitrogens with one attached hydrogen (secondary N) is 1. The Morgan fingerprint density at radius 2 is 1.97 bits per heavy atom. The summed E-state index contributed by atoms with van der Waals surface area (Å²) in [5.41, 5.74) is 3.27. The SMILES string of the molecule is COc1cc(C(=O)N2CCC(c3ccsc3)=CC2CO)c(NC(=O)O)cc1OCc1ccccc1. The highest BCUT2D eigenvalue weighted by Gasteiger charge is 2.30. The van der Waals surface area contributed by atoms with Gasteiger partial charge < -0.3 is 24.6 Å². The number of ether oxygens (including phenoxy) is 2. The van der Waals surface area contributed by atoms with Crippen molar-refractivity contribution >= 4 is 34.6 Å². The van der Waals surface area contributed by atoms with E-state index in [9.17, 15) is 19.8 Å². The first kappa shape index (κ1) is 24.3. The van der Waals surface area contributed by atoms with E-state index in [1.54, 1.807) is 16.2 Å². The third-order valence-electron chi connectivity index (χ3n) is 5.77. The van der Waals surface area contributed by atoms with Crippen molar-refractivity contribution in [3.8, 4) is 11.5 Å². The quantitative estimate of drug-likeness (QED) is 0.418. The molecule has 1 aliphatic heterocycles. The number of carbonyl (C=O) groups is 2. The summed E-state index contributed by atoms with van der Waals surface area (Å²) in [7, 11) is 1.45. The van der Waals surface area contributed by atoms with Crippen molar-refractivity contribution < 1.29 is 29.3 Å². The van der Waals surface area contributed by atoms with Crippen molar-refractivity contribution in [2.75, 3.05) is 25.6 Å². The molecule has 35 heavy (non-hydrogen) atoms. The van der Waals surface area contributed by atoms with E-state index in [1.165, 1.54) is 19.2 Å². The van der Waals surface area contributed by atoms with Crippen molar-refractivity contribution in [3.63, 3.8) is 0 Å². The molecule has 8 nitrogen and oxygen atoms in total. The van der Waals surface area contributed by atoms with E-state index in [0.29, 0.717) is 24.5 Å². The average molecular weight is 495 g/mol. The number of methoxy groups -OCH3 is 1. The highest BCUT2D eigenvalue weighted by Crippen LogP contribution is 2.36. The molecule has 0 bridgehead atoms. The van der Waals surface area contributed by atoms with E-state index >= 15 is 0 Å². The van der Waals surface area contributed by atoms with Gasteiger partial charge in [0.2, 0.25) is 0 Å². The summed E-state index contributed by atoms with van der Waals surface area (Å²) < 4.78 is 11.3. The third-order valence-corrected chi connectivity index (χ3v) is 6.45. The van der Waals surface area contributed by atoms with Gasteiger partial charge in [-0.1, -0.05) is 36.4 Å². The summed E-state index contributed by atoms with van der Waals surface area (Å²) in [6, 6.07) is 13.9. The van der Waals surface area contributed by atoms with E-state index in [4.69, 9.17) is 9.47 Å². The van der Waals surface area contributed by atoms with E-state index < -0.39 is 18.0 Å². The minimum absolute atomic E-state index is 0.0793. The molecule has 2 aromatic carbocycles. The number of hydrogen-bond donors (Lipinski definition) is 3. The fourth-order valence-corrected chi connectivity index (χ4v) is 4.70. The van der Waals surface area contributed by atoms with Crippen LogP contribution in [0.4, 0.5) is 10.5 Å². The molecule has 9 heteroatoms. The van der Waals surface area contributed by atoms with Gasteiger partial charge in [-0.25, -0.2) is 4.79 Å². The van der Waals surface area contributed by atoms with Crippen LogP contribution in [0.5, 0.6) is 11.5 Å². The first-order valence-corrected chi connectivity index (χ1v) is 12.0. The molecule has 4 rings (SSSR count). The maximum Gasteiger partial charge on any atom is 0.409 e. The van der Waals surface area contributed by atoms with E-state index in [-0.39, 0.29) is 24.5 Å². The standard InChI is InChI=1S/C26H26N2O6S/c1-33-23-12-21(22(27-26(31)32)13-24(23)34-15-17-5-3-2-4-6-17)25(30)28-9-7-18(11-20(28)14-29)19-8-10-35-16-19/h2-6,8,10-13,16,20,27,29H,7,9,14-15H2,1H3,(H,31,32). The average Bonchev–Trinajstić information content (AvgIpc) is 3.42. The number of rotatable bonds is 8. The second-order valence-corrected chi connectivity index (χ2v) is 8.74. The van der Waals surface area contributed by atoms with Gasteiger partial charge in [-0.3, -0.25) is 10.1 Å². The molecule has 1 aliphatic rings. The molecule has 0 aliphatic carbocycles. The first-order valence-electron chi connectivity index (χ1n) is 11.0. The van der Waals surface area contributed by atoms with Gasteiger partial charge in [-0.15, -0.1) is 0 Å². The molecule has 2 amide bonds.